The molecule has 0 spiro atoms. The zero-order valence-electron chi connectivity index (χ0n) is 8.03. The first kappa shape index (κ1) is 11.8. The first-order valence-corrected chi connectivity index (χ1v) is 6.02. The van der Waals surface area contributed by atoms with Crippen molar-refractivity contribution in [1.82, 2.24) is 4.67 Å². The van der Waals surface area contributed by atoms with Crippen molar-refractivity contribution in [2.75, 3.05) is 6.66 Å². The van der Waals surface area contributed by atoms with Crippen LogP contribution in [-0.4, -0.2) is 23.4 Å². The Morgan fingerprint density at radius 1 is 1.18 bits per heavy atom. The van der Waals surface area contributed by atoms with Gasteiger partial charge in [-0.25, -0.2) is 0 Å². The van der Waals surface area contributed by atoms with Crippen LogP contribution in [0.4, 0.5) is 0 Å². The van der Waals surface area contributed by atoms with Gasteiger partial charge in [-0.15, -0.1) is 0 Å². The summed E-state index contributed by atoms with van der Waals surface area (Å²) in [5.74, 6) is 0. The van der Waals surface area contributed by atoms with E-state index in [1.54, 1.807) is 0 Å². The molecule has 0 rings (SSSR count). The van der Waals surface area contributed by atoms with E-state index in [2.05, 4.69) is 48.5 Å². The lowest BCUT2D eigenvalue weighted by atomic mass is 10.3. The molecule has 0 aromatic heterocycles. The van der Waals surface area contributed by atoms with Crippen LogP contribution < -0.4 is 0 Å². The Morgan fingerprint density at radius 3 is 1.64 bits per heavy atom. The zero-order chi connectivity index (χ0) is 9.02. The van der Waals surface area contributed by atoms with E-state index in [1.165, 1.54) is 0 Å². The minimum Gasteiger partial charge on any atom is -0.328 e. The number of hydrogen-bond donors (Lipinski definition) is 0. The van der Waals surface area contributed by atoms with Crippen LogP contribution in [0.1, 0.15) is 27.7 Å². The Bertz CT molecular complexity index is 101. The van der Waals surface area contributed by atoms with Gasteiger partial charge in [0.15, 0.2) is 0 Å². The van der Waals surface area contributed by atoms with Crippen LogP contribution in [0.25, 0.3) is 0 Å². The van der Waals surface area contributed by atoms with Gasteiger partial charge >= 0.3 is 0 Å². The molecule has 0 aliphatic carbocycles. The van der Waals surface area contributed by atoms with Crippen LogP contribution in [0.2, 0.25) is 0 Å². The SMILES string of the molecule is CC(C)N(C(C)C)P(C)OP. The van der Waals surface area contributed by atoms with Crippen molar-refractivity contribution < 1.29 is 4.31 Å². The lowest BCUT2D eigenvalue weighted by Gasteiger charge is -2.34. The lowest BCUT2D eigenvalue weighted by molar-refractivity contribution is 0.306. The third-order valence-corrected chi connectivity index (χ3v) is 4.33. The number of hydrogen-bond acceptors (Lipinski definition) is 2. The topological polar surface area (TPSA) is 12.5 Å². The highest BCUT2D eigenvalue weighted by molar-refractivity contribution is 7.53. The van der Waals surface area contributed by atoms with Crippen LogP contribution >= 0.6 is 17.8 Å². The summed E-state index contributed by atoms with van der Waals surface area (Å²) in [6, 6.07) is 1.12. The van der Waals surface area contributed by atoms with E-state index in [9.17, 15) is 0 Å². The Hall–Kier alpha value is 0.780. The standard InChI is InChI=1S/C7H19NOP2/c1-6(2)8(7(3)4)11(5)9-10/h6-7H,10H2,1-5H3. The lowest BCUT2D eigenvalue weighted by Crippen LogP contribution is -2.32. The average molecular weight is 195 g/mol. The molecule has 2 atom stereocenters. The van der Waals surface area contributed by atoms with Crippen molar-refractivity contribution in [2.24, 2.45) is 0 Å². The highest BCUT2D eigenvalue weighted by Crippen LogP contribution is 2.42. The summed E-state index contributed by atoms with van der Waals surface area (Å²) >= 11 is 0. The Labute approximate surface area is 73.9 Å². The second-order valence-corrected chi connectivity index (χ2v) is 5.37. The first-order valence-electron chi connectivity index (χ1n) is 3.89. The highest BCUT2D eigenvalue weighted by Gasteiger charge is 2.19. The van der Waals surface area contributed by atoms with Crippen LogP contribution in [0, 0.1) is 0 Å². The first-order chi connectivity index (χ1) is 5.00. The molecule has 0 N–H and O–H groups in total. The van der Waals surface area contributed by atoms with Crippen molar-refractivity contribution in [3.05, 3.63) is 0 Å². The molecule has 0 aromatic rings. The molecule has 11 heavy (non-hydrogen) atoms. The molecule has 0 aliphatic rings. The van der Waals surface area contributed by atoms with Crippen molar-refractivity contribution >= 4 is 17.8 Å². The Morgan fingerprint density at radius 2 is 1.55 bits per heavy atom. The Balaban J connectivity index is 4.09. The summed E-state index contributed by atoms with van der Waals surface area (Å²) in [7, 11) is 1.92. The molecular weight excluding hydrogens is 176 g/mol. The van der Waals surface area contributed by atoms with E-state index in [1.807, 2.05) is 0 Å². The van der Waals surface area contributed by atoms with Gasteiger partial charge in [-0.05, 0) is 34.4 Å². The van der Waals surface area contributed by atoms with E-state index >= 15 is 0 Å². The average Bonchev–Trinajstić information content (AvgIpc) is 1.85. The monoisotopic (exact) mass is 195 g/mol. The maximum Gasteiger partial charge on any atom is 0.105 e. The van der Waals surface area contributed by atoms with E-state index in [0.29, 0.717) is 12.1 Å². The normalized spacial score (nSPS) is 15.0. The fourth-order valence-electron chi connectivity index (χ4n) is 1.30. The molecule has 68 valence electrons. The number of rotatable bonds is 4. The van der Waals surface area contributed by atoms with E-state index in [-0.39, 0.29) is 0 Å². The van der Waals surface area contributed by atoms with Gasteiger partial charge in [0.05, 0.1) is 0 Å². The van der Waals surface area contributed by atoms with Crippen LogP contribution in [0.15, 0.2) is 0 Å². The maximum atomic E-state index is 5.24. The van der Waals surface area contributed by atoms with Crippen molar-refractivity contribution in [1.29, 1.82) is 0 Å². The summed E-state index contributed by atoms with van der Waals surface area (Å²) in [6.07, 6.45) is 0. The van der Waals surface area contributed by atoms with Gasteiger partial charge in [0.2, 0.25) is 0 Å². The minimum absolute atomic E-state index is 0.424. The second kappa shape index (κ2) is 5.43. The predicted molar refractivity (Wildman–Crippen MR) is 55.8 cm³/mol. The molecule has 0 aliphatic heterocycles. The third-order valence-electron chi connectivity index (χ3n) is 1.54. The fourth-order valence-corrected chi connectivity index (χ4v) is 3.04. The molecule has 2 unspecified atom stereocenters. The predicted octanol–water partition coefficient (Wildman–Crippen LogP) is 2.85. The second-order valence-electron chi connectivity index (χ2n) is 3.14. The van der Waals surface area contributed by atoms with Gasteiger partial charge in [0.1, 0.15) is 8.30 Å². The molecule has 0 fully saturated rings. The molecule has 0 aromatic carbocycles. The summed E-state index contributed by atoms with van der Waals surface area (Å²) < 4.78 is 7.62. The van der Waals surface area contributed by atoms with Crippen LogP contribution in [-0.2, 0) is 4.31 Å². The molecular formula is C7H19NOP2. The van der Waals surface area contributed by atoms with Crippen LogP contribution in [0.5, 0.6) is 0 Å². The zero-order valence-corrected chi connectivity index (χ0v) is 10.1. The molecule has 2 nitrogen and oxygen atoms in total. The summed E-state index contributed by atoms with van der Waals surface area (Å²) in [5.41, 5.74) is 0. The molecule has 0 radical (unpaired) electrons. The summed E-state index contributed by atoms with van der Waals surface area (Å²) in [5, 5.41) is 0. The van der Waals surface area contributed by atoms with Gasteiger partial charge in [-0.1, -0.05) is 0 Å². The van der Waals surface area contributed by atoms with E-state index in [4.69, 9.17) is 4.31 Å². The smallest absolute Gasteiger partial charge is 0.105 e. The van der Waals surface area contributed by atoms with Gasteiger partial charge in [0, 0.05) is 21.6 Å². The largest absolute Gasteiger partial charge is 0.328 e. The Kier molecular flexibility index (Phi) is 5.82. The highest BCUT2D eigenvalue weighted by atomic mass is 31.2. The van der Waals surface area contributed by atoms with Crippen molar-refractivity contribution in [2.45, 2.75) is 39.8 Å². The summed E-state index contributed by atoms with van der Waals surface area (Å²) in [6.45, 7) is 10.9. The molecule has 0 amide bonds. The van der Waals surface area contributed by atoms with E-state index in [0.717, 1.165) is 0 Å². The molecule has 0 saturated carbocycles. The van der Waals surface area contributed by atoms with Gasteiger partial charge < -0.3 is 4.31 Å². The van der Waals surface area contributed by atoms with Crippen molar-refractivity contribution in [3.8, 4) is 0 Å². The quantitative estimate of drug-likeness (QED) is 0.639. The van der Waals surface area contributed by atoms with E-state index < -0.39 is 8.30 Å². The fraction of sp³-hybridized carbons (Fsp3) is 1.00. The molecule has 0 saturated heterocycles. The number of nitrogens with zero attached hydrogens (tertiary/aromatic N) is 1. The molecule has 4 heteroatoms. The molecule has 0 heterocycles. The van der Waals surface area contributed by atoms with Gasteiger partial charge in [-0.2, -0.15) is 0 Å². The summed E-state index contributed by atoms with van der Waals surface area (Å²) in [4.78, 5) is 0. The third kappa shape index (κ3) is 3.80. The maximum absolute atomic E-state index is 5.24. The molecule has 0 bridgehead atoms. The van der Waals surface area contributed by atoms with Gasteiger partial charge in [-0.3, -0.25) is 4.67 Å². The van der Waals surface area contributed by atoms with Crippen LogP contribution in [0.3, 0.4) is 0 Å². The minimum atomic E-state index is -0.424. The van der Waals surface area contributed by atoms with Gasteiger partial charge in [0.25, 0.3) is 0 Å². The van der Waals surface area contributed by atoms with Crippen molar-refractivity contribution in [3.63, 3.8) is 0 Å².